The number of carbonyl (C=O) groups excluding carboxylic acids is 1. The first kappa shape index (κ1) is 21.8. The number of aliphatic carboxylic acids is 1. The lowest BCUT2D eigenvalue weighted by molar-refractivity contribution is -0.138. The maximum atomic E-state index is 12.9. The zero-order valence-electron chi connectivity index (χ0n) is 19.0. The Hall–Kier alpha value is -4.04. The van der Waals surface area contributed by atoms with Crippen LogP contribution in [-0.2, 0) is 17.8 Å². The minimum atomic E-state index is -1.09. The number of carboxylic acids is 1. The SMILES string of the molecule is CN(C)c1ccc2cc3c(c(-c4ccc(-c5cn(CC(N)C(=O)O)nn5)cc4)c2c1)C(=O)CC3. The number of hydrogen-bond donors (Lipinski definition) is 2. The lowest BCUT2D eigenvalue weighted by Crippen LogP contribution is -2.34. The van der Waals surface area contributed by atoms with Gasteiger partial charge in [-0.3, -0.25) is 9.59 Å². The van der Waals surface area contributed by atoms with Crippen molar-refractivity contribution < 1.29 is 14.7 Å². The van der Waals surface area contributed by atoms with Gasteiger partial charge < -0.3 is 15.7 Å². The molecule has 8 heteroatoms. The summed E-state index contributed by atoms with van der Waals surface area (Å²) in [6, 6.07) is 15.3. The smallest absolute Gasteiger partial charge is 0.322 e. The molecule has 0 saturated carbocycles. The van der Waals surface area contributed by atoms with Gasteiger partial charge in [0.1, 0.15) is 11.7 Å². The molecule has 0 aliphatic heterocycles. The second-order valence-corrected chi connectivity index (χ2v) is 8.86. The van der Waals surface area contributed by atoms with E-state index in [2.05, 4.69) is 39.5 Å². The van der Waals surface area contributed by atoms with Crippen LogP contribution in [0.15, 0.2) is 54.7 Å². The number of rotatable bonds is 6. The van der Waals surface area contributed by atoms with Crippen LogP contribution >= 0.6 is 0 Å². The number of ketones is 1. The molecule has 1 aliphatic rings. The zero-order valence-corrected chi connectivity index (χ0v) is 19.0. The van der Waals surface area contributed by atoms with Crippen molar-refractivity contribution >= 4 is 28.2 Å². The van der Waals surface area contributed by atoms with E-state index in [0.29, 0.717) is 12.1 Å². The number of nitrogens with zero attached hydrogens (tertiary/aromatic N) is 4. The van der Waals surface area contributed by atoms with E-state index in [-0.39, 0.29) is 12.3 Å². The third-order valence-electron chi connectivity index (χ3n) is 6.33. The maximum absolute atomic E-state index is 12.9. The van der Waals surface area contributed by atoms with Crippen molar-refractivity contribution in [3.8, 4) is 22.4 Å². The highest BCUT2D eigenvalue weighted by molar-refractivity contribution is 6.14. The first-order chi connectivity index (χ1) is 16.3. The van der Waals surface area contributed by atoms with Crippen LogP contribution in [0.5, 0.6) is 0 Å². The lowest BCUT2D eigenvalue weighted by atomic mass is 9.89. The summed E-state index contributed by atoms with van der Waals surface area (Å²) in [5, 5.41) is 19.3. The minimum Gasteiger partial charge on any atom is -0.480 e. The van der Waals surface area contributed by atoms with Crippen molar-refractivity contribution in [3.63, 3.8) is 0 Å². The number of fused-ring (bicyclic) bond motifs is 2. The van der Waals surface area contributed by atoms with E-state index in [1.807, 2.05) is 38.4 Å². The van der Waals surface area contributed by atoms with E-state index < -0.39 is 12.0 Å². The molecule has 0 radical (unpaired) electrons. The molecule has 172 valence electrons. The zero-order chi connectivity index (χ0) is 24.0. The number of anilines is 1. The Morgan fingerprint density at radius 2 is 1.82 bits per heavy atom. The van der Waals surface area contributed by atoms with E-state index in [0.717, 1.165) is 50.7 Å². The Morgan fingerprint density at radius 3 is 2.53 bits per heavy atom. The topological polar surface area (TPSA) is 114 Å². The molecule has 4 aromatic rings. The summed E-state index contributed by atoms with van der Waals surface area (Å²) in [7, 11) is 4.01. The molecule has 1 atom stereocenters. The summed E-state index contributed by atoms with van der Waals surface area (Å²) in [6.45, 7) is 0.0406. The summed E-state index contributed by atoms with van der Waals surface area (Å²) in [6.07, 6.45) is 2.99. The fraction of sp³-hybridized carbons (Fsp3) is 0.231. The predicted octanol–water partition coefficient (Wildman–Crippen LogP) is 3.37. The average molecular weight is 456 g/mol. The van der Waals surface area contributed by atoms with E-state index >= 15 is 0 Å². The lowest BCUT2D eigenvalue weighted by Gasteiger charge is -2.17. The maximum Gasteiger partial charge on any atom is 0.322 e. The van der Waals surface area contributed by atoms with Gasteiger partial charge in [-0.15, -0.1) is 5.10 Å². The van der Waals surface area contributed by atoms with E-state index in [1.165, 1.54) is 4.68 Å². The predicted molar refractivity (Wildman–Crippen MR) is 131 cm³/mol. The number of benzene rings is 3. The van der Waals surface area contributed by atoms with Gasteiger partial charge in [-0.2, -0.15) is 0 Å². The fourth-order valence-corrected chi connectivity index (χ4v) is 4.52. The van der Waals surface area contributed by atoms with E-state index in [4.69, 9.17) is 10.8 Å². The molecule has 3 aromatic carbocycles. The van der Waals surface area contributed by atoms with Crippen molar-refractivity contribution in [2.24, 2.45) is 5.73 Å². The van der Waals surface area contributed by atoms with Gasteiger partial charge in [0.05, 0.1) is 12.7 Å². The molecular formula is C26H25N5O3. The number of Topliss-reactive ketones (excluding diaryl/α,β-unsaturated/α-hetero) is 1. The Balaban J connectivity index is 1.57. The summed E-state index contributed by atoms with van der Waals surface area (Å²) in [4.78, 5) is 25.9. The van der Waals surface area contributed by atoms with Crippen LogP contribution in [0.25, 0.3) is 33.2 Å². The van der Waals surface area contributed by atoms with Crippen molar-refractivity contribution in [3.05, 3.63) is 65.9 Å². The van der Waals surface area contributed by atoms with Crippen molar-refractivity contribution in [1.82, 2.24) is 15.0 Å². The van der Waals surface area contributed by atoms with Gasteiger partial charge in [0, 0.05) is 42.9 Å². The Labute approximate surface area is 196 Å². The second-order valence-electron chi connectivity index (χ2n) is 8.86. The van der Waals surface area contributed by atoms with Gasteiger partial charge in [0.25, 0.3) is 0 Å². The molecule has 8 nitrogen and oxygen atoms in total. The summed E-state index contributed by atoms with van der Waals surface area (Å²) in [5.41, 5.74) is 12.0. The highest BCUT2D eigenvalue weighted by atomic mass is 16.4. The number of carboxylic acid groups (broad SMARTS) is 1. The number of carbonyl (C=O) groups is 2. The highest BCUT2D eigenvalue weighted by Crippen LogP contribution is 2.40. The number of nitrogens with two attached hydrogens (primary N) is 1. The van der Waals surface area contributed by atoms with Crippen LogP contribution in [0, 0.1) is 0 Å². The average Bonchev–Trinajstić information content (AvgIpc) is 3.44. The van der Waals surface area contributed by atoms with Crippen LogP contribution in [0.3, 0.4) is 0 Å². The third kappa shape index (κ3) is 3.82. The fourth-order valence-electron chi connectivity index (χ4n) is 4.52. The van der Waals surface area contributed by atoms with Crippen LogP contribution in [-0.4, -0.2) is 52.0 Å². The van der Waals surface area contributed by atoms with Gasteiger partial charge >= 0.3 is 5.97 Å². The first-order valence-electron chi connectivity index (χ1n) is 11.1. The number of hydrogen-bond acceptors (Lipinski definition) is 6. The van der Waals surface area contributed by atoms with Crippen LogP contribution in [0.4, 0.5) is 5.69 Å². The molecule has 34 heavy (non-hydrogen) atoms. The van der Waals surface area contributed by atoms with Gasteiger partial charge in [0.2, 0.25) is 0 Å². The van der Waals surface area contributed by atoms with Gasteiger partial charge in [-0.05, 0) is 40.5 Å². The molecule has 0 bridgehead atoms. The highest BCUT2D eigenvalue weighted by Gasteiger charge is 2.26. The van der Waals surface area contributed by atoms with Crippen LogP contribution < -0.4 is 10.6 Å². The molecule has 0 saturated heterocycles. The number of aryl methyl sites for hydroxylation is 1. The van der Waals surface area contributed by atoms with E-state index in [9.17, 15) is 9.59 Å². The van der Waals surface area contributed by atoms with Crippen molar-refractivity contribution in [1.29, 1.82) is 0 Å². The molecule has 1 heterocycles. The minimum absolute atomic E-state index is 0.0406. The molecule has 0 fully saturated rings. The standard InChI is InChI=1S/C26H25N5O3/c1-30(2)19-9-7-17-11-18-8-10-23(32)25(18)24(20(17)12-19)16-5-3-15(4-6-16)22-14-31(29-28-22)13-21(27)26(33)34/h3-7,9,11-12,14,21H,8,10,13,27H2,1-2H3,(H,33,34). The van der Waals surface area contributed by atoms with Gasteiger partial charge in [-0.1, -0.05) is 41.6 Å². The molecule has 1 aromatic heterocycles. The molecule has 5 rings (SSSR count). The van der Waals surface area contributed by atoms with Crippen LogP contribution in [0.2, 0.25) is 0 Å². The molecular weight excluding hydrogens is 430 g/mol. The molecule has 3 N–H and O–H groups in total. The Bertz CT molecular complexity index is 1420. The van der Waals surface area contributed by atoms with Gasteiger partial charge in [0.15, 0.2) is 5.78 Å². The number of aromatic nitrogens is 3. The Kier molecular flexibility index (Phi) is 5.37. The second kappa shape index (κ2) is 8.39. The third-order valence-corrected chi connectivity index (χ3v) is 6.33. The largest absolute Gasteiger partial charge is 0.480 e. The first-order valence-corrected chi connectivity index (χ1v) is 11.1. The Morgan fingerprint density at radius 1 is 1.09 bits per heavy atom. The normalized spacial score (nSPS) is 13.8. The quantitative estimate of drug-likeness (QED) is 0.458. The van der Waals surface area contributed by atoms with Crippen LogP contribution in [0.1, 0.15) is 22.3 Å². The van der Waals surface area contributed by atoms with Gasteiger partial charge in [-0.25, -0.2) is 4.68 Å². The monoisotopic (exact) mass is 455 g/mol. The van der Waals surface area contributed by atoms with Crippen molar-refractivity contribution in [2.45, 2.75) is 25.4 Å². The van der Waals surface area contributed by atoms with E-state index in [1.54, 1.807) is 6.20 Å². The molecule has 1 aliphatic carbocycles. The van der Waals surface area contributed by atoms with Crippen molar-refractivity contribution in [2.75, 3.05) is 19.0 Å². The summed E-state index contributed by atoms with van der Waals surface area (Å²) < 4.78 is 1.43. The molecule has 1 unspecified atom stereocenters. The summed E-state index contributed by atoms with van der Waals surface area (Å²) in [5.74, 6) is -0.903. The summed E-state index contributed by atoms with van der Waals surface area (Å²) >= 11 is 0. The molecule has 0 spiro atoms. The molecule has 0 amide bonds.